The lowest BCUT2D eigenvalue weighted by molar-refractivity contribution is -0.156. The molecule has 22 heavy (non-hydrogen) atoms. The summed E-state index contributed by atoms with van der Waals surface area (Å²) in [6.45, 7) is 12.7. The van der Waals surface area contributed by atoms with Gasteiger partial charge in [0.1, 0.15) is 5.78 Å². The van der Waals surface area contributed by atoms with Crippen LogP contribution in [0.1, 0.15) is 80.1 Å². The van der Waals surface area contributed by atoms with E-state index in [1.807, 2.05) is 34.6 Å². The van der Waals surface area contributed by atoms with Crippen molar-refractivity contribution in [2.75, 3.05) is 6.61 Å². The highest BCUT2D eigenvalue weighted by Crippen LogP contribution is 2.31. The predicted octanol–water partition coefficient (Wildman–Crippen LogP) is 5.02. The van der Waals surface area contributed by atoms with E-state index in [1.165, 1.54) is 12.8 Å². The summed E-state index contributed by atoms with van der Waals surface area (Å²) in [5, 5.41) is 0. The second-order valence-electron chi connectivity index (χ2n) is 6.98. The van der Waals surface area contributed by atoms with Gasteiger partial charge in [-0.05, 0) is 24.7 Å². The van der Waals surface area contributed by atoms with E-state index in [0.29, 0.717) is 13.0 Å². The second-order valence-corrected chi connectivity index (χ2v) is 6.98. The predicted molar refractivity (Wildman–Crippen MR) is 91.7 cm³/mol. The molecule has 0 aromatic rings. The molecule has 0 rings (SSSR count). The summed E-state index contributed by atoms with van der Waals surface area (Å²) >= 11 is 0. The third kappa shape index (κ3) is 7.42. The van der Waals surface area contributed by atoms with Gasteiger partial charge in [0.05, 0.1) is 12.5 Å². The maximum absolute atomic E-state index is 12.5. The largest absolute Gasteiger partial charge is 0.465 e. The Morgan fingerprint density at radius 1 is 0.818 bits per heavy atom. The fourth-order valence-electron chi connectivity index (χ4n) is 3.03. The zero-order valence-electron chi connectivity index (χ0n) is 15.5. The van der Waals surface area contributed by atoms with Gasteiger partial charge in [-0.15, -0.1) is 0 Å². The van der Waals surface area contributed by atoms with Crippen molar-refractivity contribution >= 4 is 11.8 Å². The summed E-state index contributed by atoms with van der Waals surface area (Å²) in [7, 11) is 0. The summed E-state index contributed by atoms with van der Waals surface area (Å²) in [6, 6.07) is 0. The third-order valence-electron chi connectivity index (χ3n) is 4.21. The molecule has 0 saturated carbocycles. The highest BCUT2D eigenvalue weighted by Gasteiger charge is 2.38. The van der Waals surface area contributed by atoms with Gasteiger partial charge in [-0.3, -0.25) is 9.59 Å². The standard InChI is InChI=1S/C19H36O3/c1-7-9-10-11-13-22-19(21)18(15(5)6)17(14(3)4)16(20)12-8-2/h14-15,17-18H,7-13H2,1-6H3. The Labute approximate surface area is 137 Å². The molecule has 0 aromatic heterocycles. The molecule has 0 aliphatic rings. The van der Waals surface area contributed by atoms with Gasteiger partial charge >= 0.3 is 5.97 Å². The van der Waals surface area contributed by atoms with Crippen molar-refractivity contribution in [1.29, 1.82) is 0 Å². The first-order chi connectivity index (χ1) is 10.4. The van der Waals surface area contributed by atoms with Gasteiger partial charge in [0, 0.05) is 12.3 Å². The molecule has 3 heteroatoms. The molecular weight excluding hydrogens is 276 g/mol. The van der Waals surface area contributed by atoms with Crippen LogP contribution in [-0.4, -0.2) is 18.4 Å². The van der Waals surface area contributed by atoms with Gasteiger partial charge < -0.3 is 4.74 Å². The van der Waals surface area contributed by atoms with Gasteiger partial charge in [0.25, 0.3) is 0 Å². The van der Waals surface area contributed by atoms with Crippen LogP contribution < -0.4 is 0 Å². The number of carbonyl (C=O) groups excluding carboxylic acids is 2. The molecule has 0 radical (unpaired) electrons. The number of esters is 1. The number of hydrogen-bond acceptors (Lipinski definition) is 3. The molecule has 0 saturated heterocycles. The summed E-state index contributed by atoms with van der Waals surface area (Å²) < 4.78 is 5.48. The lowest BCUT2D eigenvalue weighted by Gasteiger charge is -2.30. The molecule has 0 heterocycles. The minimum atomic E-state index is -0.315. The van der Waals surface area contributed by atoms with E-state index in [9.17, 15) is 9.59 Å². The van der Waals surface area contributed by atoms with Crippen LogP contribution in [0.5, 0.6) is 0 Å². The molecule has 2 unspecified atom stereocenters. The Kier molecular flexibility index (Phi) is 11.2. The van der Waals surface area contributed by atoms with Crippen LogP contribution >= 0.6 is 0 Å². The smallest absolute Gasteiger partial charge is 0.309 e. The number of hydrogen-bond donors (Lipinski definition) is 0. The van der Waals surface area contributed by atoms with E-state index in [-0.39, 0.29) is 35.4 Å². The van der Waals surface area contributed by atoms with Crippen molar-refractivity contribution in [3.05, 3.63) is 0 Å². The zero-order chi connectivity index (χ0) is 17.1. The molecule has 2 atom stereocenters. The highest BCUT2D eigenvalue weighted by molar-refractivity contribution is 5.87. The van der Waals surface area contributed by atoms with Crippen LogP contribution in [0.2, 0.25) is 0 Å². The van der Waals surface area contributed by atoms with Crippen LogP contribution in [0, 0.1) is 23.7 Å². The Morgan fingerprint density at radius 3 is 1.86 bits per heavy atom. The van der Waals surface area contributed by atoms with Crippen molar-refractivity contribution in [2.24, 2.45) is 23.7 Å². The Hall–Kier alpha value is -0.860. The molecule has 130 valence electrons. The molecule has 0 bridgehead atoms. The van der Waals surface area contributed by atoms with Gasteiger partial charge in [-0.25, -0.2) is 0 Å². The molecule has 0 aromatic carbocycles. The molecule has 0 aliphatic heterocycles. The minimum Gasteiger partial charge on any atom is -0.465 e. The molecule has 0 amide bonds. The van der Waals surface area contributed by atoms with Gasteiger partial charge in [0.2, 0.25) is 0 Å². The summed E-state index contributed by atoms with van der Waals surface area (Å²) in [4.78, 5) is 24.9. The van der Waals surface area contributed by atoms with Gasteiger partial charge in [0.15, 0.2) is 0 Å². The first kappa shape index (κ1) is 21.1. The van der Waals surface area contributed by atoms with Crippen LogP contribution in [0.4, 0.5) is 0 Å². The average Bonchev–Trinajstić information content (AvgIpc) is 2.43. The fourth-order valence-corrected chi connectivity index (χ4v) is 3.03. The molecule has 0 N–H and O–H groups in total. The van der Waals surface area contributed by atoms with Crippen molar-refractivity contribution < 1.29 is 14.3 Å². The average molecular weight is 312 g/mol. The zero-order valence-corrected chi connectivity index (χ0v) is 15.5. The Morgan fingerprint density at radius 2 is 1.41 bits per heavy atom. The summed E-state index contributed by atoms with van der Waals surface area (Å²) in [5.74, 6) is -0.224. The maximum Gasteiger partial charge on any atom is 0.309 e. The van der Waals surface area contributed by atoms with Crippen LogP contribution in [0.3, 0.4) is 0 Å². The number of unbranched alkanes of at least 4 members (excludes halogenated alkanes) is 3. The Bertz CT molecular complexity index is 321. The molecule has 0 aliphatic carbocycles. The molecule has 3 nitrogen and oxygen atoms in total. The minimum absolute atomic E-state index is 0.122. The fraction of sp³-hybridized carbons (Fsp3) is 0.895. The van der Waals surface area contributed by atoms with E-state index in [0.717, 1.165) is 19.3 Å². The maximum atomic E-state index is 12.5. The number of ketones is 1. The second kappa shape index (κ2) is 11.7. The Balaban J connectivity index is 4.78. The van der Waals surface area contributed by atoms with E-state index in [1.54, 1.807) is 0 Å². The lowest BCUT2D eigenvalue weighted by atomic mass is 9.74. The van der Waals surface area contributed by atoms with Crippen molar-refractivity contribution in [3.63, 3.8) is 0 Å². The normalized spacial score (nSPS) is 14.2. The van der Waals surface area contributed by atoms with E-state index in [4.69, 9.17) is 4.74 Å². The molecular formula is C19H36O3. The van der Waals surface area contributed by atoms with E-state index < -0.39 is 0 Å². The topological polar surface area (TPSA) is 43.4 Å². The third-order valence-corrected chi connectivity index (χ3v) is 4.21. The van der Waals surface area contributed by atoms with Gasteiger partial charge in [-0.1, -0.05) is 60.8 Å². The highest BCUT2D eigenvalue weighted by atomic mass is 16.5. The number of rotatable bonds is 12. The number of carbonyl (C=O) groups is 2. The first-order valence-corrected chi connectivity index (χ1v) is 9.06. The van der Waals surface area contributed by atoms with E-state index >= 15 is 0 Å². The summed E-state index contributed by atoms with van der Waals surface area (Å²) in [5.41, 5.74) is 0. The van der Waals surface area contributed by atoms with Crippen molar-refractivity contribution in [2.45, 2.75) is 80.1 Å². The van der Waals surface area contributed by atoms with Crippen molar-refractivity contribution in [3.8, 4) is 0 Å². The number of ether oxygens (including phenoxy) is 1. The molecule has 0 spiro atoms. The summed E-state index contributed by atoms with van der Waals surface area (Å²) in [6.07, 6.45) is 5.74. The SMILES string of the molecule is CCCCCCOC(=O)C(C(C)C)C(C(=O)CCC)C(C)C. The van der Waals surface area contributed by atoms with Crippen molar-refractivity contribution in [1.82, 2.24) is 0 Å². The van der Waals surface area contributed by atoms with Crippen LogP contribution in [-0.2, 0) is 14.3 Å². The molecule has 0 fully saturated rings. The monoisotopic (exact) mass is 312 g/mol. The van der Waals surface area contributed by atoms with E-state index in [2.05, 4.69) is 6.92 Å². The van der Waals surface area contributed by atoms with Crippen LogP contribution in [0.15, 0.2) is 0 Å². The number of Topliss-reactive ketones (excluding diaryl/α,β-unsaturated/α-hetero) is 1. The quantitative estimate of drug-likeness (QED) is 0.375. The lowest BCUT2D eigenvalue weighted by Crippen LogP contribution is -2.38. The first-order valence-electron chi connectivity index (χ1n) is 9.06. The van der Waals surface area contributed by atoms with Crippen LogP contribution in [0.25, 0.3) is 0 Å². The van der Waals surface area contributed by atoms with Gasteiger partial charge in [-0.2, -0.15) is 0 Å².